The van der Waals surface area contributed by atoms with Gasteiger partial charge in [-0.3, -0.25) is 9.59 Å². The first-order valence-corrected chi connectivity index (χ1v) is 7.86. The first-order chi connectivity index (χ1) is 11.1. The van der Waals surface area contributed by atoms with E-state index in [0.717, 1.165) is 23.9 Å². The first kappa shape index (κ1) is 15.6. The highest BCUT2D eigenvalue weighted by atomic mass is 16.5. The van der Waals surface area contributed by atoms with Crippen molar-refractivity contribution in [3.8, 4) is 5.75 Å². The number of nitrogens with one attached hydrogen (secondary N) is 1. The van der Waals surface area contributed by atoms with E-state index in [1.165, 1.54) is 31.5 Å². The number of benzene rings is 1. The summed E-state index contributed by atoms with van der Waals surface area (Å²) in [4.78, 5) is 27.7. The molecular formula is C17H20N2O4. The molecule has 0 saturated carbocycles. The molecule has 1 aliphatic rings. The minimum Gasteiger partial charge on any atom is -0.481 e. The topological polar surface area (TPSA) is 82.6 Å². The fraction of sp³-hybridized carbons (Fsp3) is 0.412. The number of carbonyl (C=O) groups is 2. The van der Waals surface area contributed by atoms with Gasteiger partial charge >= 0.3 is 11.9 Å². The van der Waals surface area contributed by atoms with Crippen LogP contribution in [0.3, 0.4) is 0 Å². The van der Waals surface area contributed by atoms with E-state index in [9.17, 15) is 9.59 Å². The molecule has 3 rings (SSSR count). The quantitative estimate of drug-likeness (QED) is 0.485. The zero-order valence-electron chi connectivity index (χ0n) is 12.9. The molecule has 122 valence electrons. The number of rotatable bonds is 6. The molecule has 1 fully saturated rings. The van der Waals surface area contributed by atoms with Gasteiger partial charge in [-0.2, -0.15) is 0 Å². The molecule has 0 spiro atoms. The molecule has 2 aromatic rings. The normalized spacial score (nSPS) is 15.1. The average molecular weight is 316 g/mol. The molecule has 6 heteroatoms. The highest BCUT2D eigenvalue weighted by Gasteiger charge is 2.14. The van der Waals surface area contributed by atoms with Crippen LogP contribution in [0, 0.1) is 0 Å². The molecule has 1 saturated heterocycles. The number of aliphatic carboxylic acids is 1. The first-order valence-electron chi connectivity index (χ1n) is 7.86. The van der Waals surface area contributed by atoms with E-state index >= 15 is 0 Å². The number of likely N-dealkylation sites (tertiary alicyclic amines) is 1. The van der Waals surface area contributed by atoms with Crippen LogP contribution in [0.2, 0.25) is 0 Å². The van der Waals surface area contributed by atoms with Crippen LogP contribution < -0.4 is 4.74 Å². The summed E-state index contributed by atoms with van der Waals surface area (Å²) in [6.45, 7) is 3.36. The lowest BCUT2D eigenvalue weighted by Crippen LogP contribution is -2.21. The van der Waals surface area contributed by atoms with Crippen LogP contribution >= 0.6 is 0 Å². The minimum absolute atomic E-state index is 0.380. The number of aromatic amines is 1. The Kier molecular flexibility index (Phi) is 4.62. The number of carboxylic acid groups (broad SMARTS) is 1. The lowest BCUT2D eigenvalue weighted by molar-refractivity contribution is -0.145. The van der Waals surface area contributed by atoms with Crippen molar-refractivity contribution in [3.63, 3.8) is 0 Å². The van der Waals surface area contributed by atoms with Crippen LogP contribution in [0.15, 0.2) is 24.4 Å². The zero-order valence-corrected chi connectivity index (χ0v) is 12.9. The number of ether oxygens (including phenoxy) is 1. The number of carboxylic acids is 1. The van der Waals surface area contributed by atoms with Gasteiger partial charge in [0.1, 0.15) is 12.2 Å². The predicted octanol–water partition coefficient (Wildman–Crippen LogP) is 2.19. The maximum absolute atomic E-state index is 11.5. The number of nitrogens with zero attached hydrogens (tertiary/aromatic N) is 1. The maximum Gasteiger partial charge on any atom is 0.322 e. The summed E-state index contributed by atoms with van der Waals surface area (Å²) in [6, 6.07) is 5.31. The van der Waals surface area contributed by atoms with Crippen LogP contribution in [0.1, 0.15) is 24.8 Å². The van der Waals surface area contributed by atoms with Crippen molar-refractivity contribution in [3.05, 3.63) is 30.0 Å². The van der Waals surface area contributed by atoms with Crippen LogP contribution in [0.5, 0.6) is 5.75 Å². The third-order valence-corrected chi connectivity index (χ3v) is 4.16. The van der Waals surface area contributed by atoms with E-state index < -0.39 is 18.4 Å². The lowest BCUT2D eigenvalue weighted by atomic mass is 10.1. The summed E-state index contributed by atoms with van der Waals surface area (Å²) in [6.07, 6.45) is 4.85. The molecule has 23 heavy (non-hydrogen) atoms. The van der Waals surface area contributed by atoms with Crippen LogP contribution in [-0.4, -0.2) is 46.6 Å². The number of esters is 1. The van der Waals surface area contributed by atoms with E-state index in [1.54, 1.807) is 12.1 Å². The van der Waals surface area contributed by atoms with Crippen molar-refractivity contribution >= 4 is 22.8 Å². The zero-order chi connectivity index (χ0) is 16.2. The van der Waals surface area contributed by atoms with Crippen LogP contribution in [-0.2, 0) is 16.0 Å². The second-order valence-electron chi connectivity index (χ2n) is 5.86. The van der Waals surface area contributed by atoms with E-state index in [1.807, 2.05) is 12.3 Å². The summed E-state index contributed by atoms with van der Waals surface area (Å²) < 4.78 is 5.09. The Morgan fingerprint density at radius 2 is 2.04 bits per heavy atom. The minimum atomic E-state index is -1.19. The molecule has 0 radical (unpaired) electrons. The van der Waals surface area contributed by atoms with Gasteiger partial charge in [0.05, 0.1) is 0 Å². The van der Waals surface area contributed by atoms with Crippen molar-refractivity contribution in [1.29, 1.82) is 0 Å². The standard InChI is InChI=1S/C17H20N2O4/c20-16(21)10-17(22)23-13-3-4-15-14(9-13)12(11-18-15)5-8-19-6-1-2-7-19/h3-4,9,11,18H,1-2,5-8,10H2,(H,20,21). The molecule has 2 heterocycles. The number of fused-ring (bicyclic) bond motifs is 1. The second kappa shape index (κ2) is 6.83. The number of H-pyrrole nitrogens is 1. The van der Waals surface area contributed by atoms with Gasteiger partial charge in [-0.1, -0.05) is 0 Å². The Hall–Kier alpha value is -2.34. The van der Waals surface area contributed by atoms with E-state index in [-0.39, 0.29) is 0 Å². The van der Waals surface area contributed by atoms with Gasteiger partial charge in [-0.25, -0.2) is 0 Å². The molecule has 0 aliphatic carbocycles. The van der Waals surface area contributed by atoms with Gasteiger partial charge in [-0.05, 0) is 56.1 Å². The Labute approximate surface area is 134 Å². The Morgan fingerprint density at radius 3 is 2.78 bits per heavy atom. The molecule has 6 nitrogen and oxygen atoms in total. The Balaban J connectivity index is 1.71. The van der Waals surface area contributed by atoms with Crippen molar-refractivity contribution in [2.24, 2.45) is 0 Å². The Bertz CT molecular complexity index is 716. The molecular weight excluding hydrogens is 296 g/mol. The summed E-state index contributed by atoms with van der Waals surface area (Å²) in [5.74, 6) is -1.57. The van der Waals surface area contributed by atoms with Crippen molar-refractivity contribution < 1.29 is 19.4 Å². The largest absolute Gasteiger partial charge is 0.481 e. The molecule has 0 bridgehead atoms. The maximum atomic E-state index is 11.5. The van der Waals surface area contributed by atoms with Gasteiger partial charge in [-0.15, -0.1) is 0 Å². The van der Waals surface area contributed by atoms with Crippen molar-refractivity contribution in [1.82, 2.24) is 9.88 Å². The third kappa shape index (κ3) is 3.90. The van der Waals surface area contributed by atoms with Crippen LogP contribution in [0.4, 0.5) is 0 Å². The fourth-order valence-corrected chi connectivity index (χ4v) is 3.00. The van der Waals surface area contributed by atoms with Crippen molar-refractivity contribution in [2.45, 2.75) is 25.7 Å². The van der Waals surface area contributed by atoms with Gasteiger partial charge < -0.3 is 19.7 Å². The smallest absolute Gasteiger partial charge is 0.322 e. The van der Waals surface area contributed by atoms with Crippen LogP contribution in [0.25, 0.3) is 10.9 Å². The summed E-state index contributed by atoms with van der Waals surface area (Å²) in [5.41, 5.74) is 2.17. The fourth-order valence-electron chi connectivity index (χ4n) is 3.00. The monoisotopic (exact) mass is 316 g/mol. The summed E-state index contributed by atoms with van der Waals surface area (Å²) >= 11 is 0. The summed E-state index contributed by atoms with van der Waals surface area (Å²) in [5, 5.41) is 9.63. The van der Waals surface area contributed by atoms with Gasteiger partial charge in [0, 0.05) is 23.6 Å². The SMILES string of the molecule is O=C(O)CC(=O)Oc1ccc2[nH]cc(CCN3CCCC3)c2c1. The van der Waals surface area contributed by atoms with Gasteiger partial charge in [0.2, 0.25) is 0 Å². The van der Waals surface area contributed by atoms with E-state index in [2.05, 4.69) is 9.88 Å². The molecule has 1 aromatic heterocycles. The molecule has 1 aromatic carbocycles. The molecule has 0 amide bonds. The molecule has 1 aliphatic heterocycles. The second-order valence-corrected chi connectivity index (χ2v) is 5.86. The van der Waals surface area contributed by atoms with Gasteiger partial charge in [0.15, 0.2) is 0 Å². The summed E-state index contributed by atoms with van der Waals surface area (Å²) in [7, 11) is 0. The number of aromatic nitrogens is 1. The number of hydrogen-bond acceptors (Lipinski definition) is 4. The average Bonchev–Trinajstić information content (AvgIpc) is 3.13. The highest BCUT2D eigenvalue weighted by Crippen LogP contribution is 2.25. The lowest BCUT2D eigenvalue weighted by Gasteiger charge is -2.13. The number of hydrogen-bond donors (Lipinski definition) is 2. The third-order valence-electron chi connectivity index (χ3n) is 4.16. The highest BCUT2D eigenvalue weighted by molar-refractivity contribution is 5.92. The van der Waals surface area contributed by atoms with Gasteiger partial charge in [0.25, 0.3) is 0 Å². The Morgan fingerprint density at radius 1 is 1.26 bits per heavy atom. The van der Waals surface area contributed by atoms with E-state index in [4.69, 9.17) is 9.84 Å². The van der Waals surface area contributed by atoms with E-state index in [0.29, 0.717) is 5.75 Å². The van der Waals surface area contributed by atoms with Crippen molar-refractivity contribution in [2.75, 3.05) is 19.6 Å². The molecule has 0 atom stereocenters. The molecule has 2 N–H and O–H groups in total. The number of carbonyl (C=O) groups excluding carboxylic acids is 1. The predicted molar refractivity (Wildman–Crippen MR) is 85.6 cm³/mol. The molecule has 0 unspecified atom stereocenters.